The highest BCUT2D eigenvalue weighted by atomic mass is 31.2. The molecule has 0 bridgehead atoms. The number of ether oxygens (including phenoxy) is 2. The molecular formula is C41H61N6O8P. The third kappa shape index (κ3) is 9.83. The summed E-state index contributed by atoms with van der Waals surface area (Å²) in [5.41, 5.74) is 4.60. The number of aliphatic hydroxyl groups excluding tert-OH is 1. The summed E-state index contributed by atoms with van der Waals surface area (Å²) in [6.07, 6.45) is 17.5. The molecule has 1 saturated carbocycles. The summed E-state index contributed by atoms with van der Waals surface area (Å²) < 4.78 is 37.5. The van der Waals surface area contributed by atoms with Gasteiger partial charge in [-0.1, -0.05) is 128 Å². The maximum absolute atomic E-state index is 13.3. The average molecular weight is 797 g/mol. The molecule has 2 fully saturated rings. The topological polar surface area (TPSA) is 198 Å². The van der Waals surface area contributed by atoms with Crippen molar-refractivity contribution in [2.24, 2.45) is 0 Å². The summed E-state index contributed by atoms with van der Waals surface area (Å²) >= 11 is 0. The van der Waals surface area contributed by atoms with Crippen LogP contribution in [0.2, 0.25) is 0 Å². The summed E-state index contributed by atoms with van der Waals surface area (Å²) in [5, 5.41) is 37.0. The lowest BCUT2D eigenvalue weighted by molar-refractivity contribution is -0.106. The first kappa shape index (κ1) is 42.6. The van der Waals surface area contributed by atoms with Crippen LogP contribution in [-0.4, -0.2) is 84.4 Å². The van der Waals surface area contributed by atoms with Crippen LogP contribution in [0.5, 0.6) is 0 Å². The van der Waals surface area contributed by atoms with Gasteiger partial charge in [-0.05, 0) is 29.7 Å². The molecule has 2 aromatic heterocycles. The van der Waals surface area contributed by atoms with Gasteiger partial charge in [-0.25, -0.2) is 14.1 Å². The maximum Gasteiger partial charge on any atom is 0.472 e. The molecule has 1 aliphatic carbocycles. The Bertz CT molecular complexity index is 1780. The first-order valence-electron chi connectivity index (χ1n) is 20.8. The SMILES string of the molecule is CCCCCCCCCCCCCCCCCCOC[C@H](COP(=O)(O)OC1[C@H]2O[C@@](C#N)(c3ccc4c(N)ncnn34)[C@H](O)[C@@]12O)N1Cc2ccccc2C1. The largest absolute Gasteiger partial charge is 0.472 e. The molecule has 0 spiro atoms. The minimum absolute atomic E-state index is 0.119. The van der Waals surface area contributed by atoms with Crippen molar-refractivity contribution >= 4 is 19.2 Å². The lowest BCUT2D eigenvalue weighted by Gasteiger charge is -2.30. The fourth-order valence-corrected chi connectivity index (χ4v) is 9.30. The van der Waals surface area contributed by atoms with Crippen LogP contribution < -0.4 is 5.73 Å². The fourth-order valence-electron chi connectivity index (χ4n) is 8.31. The third-order valence-electron chi connectivity index (χ3n) is 11.8. The molecule has 14 nitrogen and oxygen atoms in total. The molecule has 2 aliphatic heterocycles. The molecule has 7 atom stereocenters. The number of nitrogen functional groups attached to an aromatic ring is 1. The Morgan fingerprint density at radius 2 is 1.54 bits per heavy atom. The number of hydrogen-bond donors (Lipinski definition) is 4. The van der Waals surface area contributed by atoms with Gasteiger partial charge in [-0.3, -0.25) is 13.9 Å². The molecular weight excluding hydrogens is 735 g/mol. The number of fused-ring (bicyclic) bond motifs is 3. The number of aliphatic hydroxyl groups is 2. The Morgan fingerprint density at radius 3 is 2.09 bits per heavy atom. The average Bonchev–Trinajstić information content (AvgIpc) is 3.61. The van der Waals surface area contributed by atoms with Gasteiger partial charge < -0.3 is 30.3 Å². The molecule has 0 amide bonds. The number of phosphoric ester groups is 1. The van der Waals surface area contributed by atoms with Gasteiger partial charge in [-0.15, -0.1) is 0 Å². The van der Waals surface area contributed by atoms with E-state index >= 15 is 0 Å². The summed E-state index contributed by atoms with van der Waals surface area (Å²) in [5.74, 6) is 0.150. The molecule has 1 aromatic carbocycles. The normalized spacial score (nSPS) is 25.9. The van der Waals surface area contributed by atoms with Crippen LogP contribution in [0.3, 0.4) is 0 Å². The summed E-state index contributed by atoms with van der Waals surface area (Å²) in [4.78, 5) is 16.9. The predicted octanol–water partition coefficient (Wildman–Crippen LogP) is 6.70. The molecule has 308 valence electrons. The Morgan fingerprint density at radius 1 is 0.946 bits per heavy atom. The smallest absolute Gasteiger partial charge is 0.385 e. The minimum atomic E-state index is -4.77. The first-order chi connectivity index (χ1) is 27.1. The molecule has 15 heteroatoms. The molecule has 56 heavy (non-hydrogen) atoms. The van der Waals surface area contributed by atoms with E-state index in [2.05, 4.69) is 34.0 Å². The second kappa shape index (κ2) is 19.7. The minimum Gasteiger partial charge on any atom is -0.385 e. The van der Waals surface area contributed by atoms with Gasteiger partial charge in [-0.2, -0.15) is 10.4 Å². The van der Waals surface area contributed by atoms with E-state index in [4.69, 9.17) is 24.3 Å². The van der Waals surface area contributed by atoms with Gasteiger partial charge in [0.25, 0.3) is 0 Å². The van der Waals surface area contributed by atoms with E-state index in [0.29, 0.717) is 31.8 Å². The molecule has 0 radical (unpaired) electrons. The zero-order valence-corrected chi connectivity index (χ0v) is 33.7. The second-order valence-corrected chi connectivity index (χ2v) is 17.2. The van der Waals surface area contributed by atoms with Crippen molar-refractivity contribution in [3.8, 4) is 6.07 Å². The van der Waals surface area contributed by atoms with Gasteiger partial charge >= 0.3 is 7.82 Å². The van der Waals surface area contributed by atoms with E-state index < -0.39 is 37.3 Å². The summed E-state index contributed by atoms with van der Waals surface area (Å²) in [7, 11) is -4.77. The highest BCUT2D eigenvalue weighted by Crippen LogP contribution is 2.63. The van der Waals surface area contributed by atoms with Crippen LogP contribution in [0, 0.1) is 11.3 Å². The van der Waals surface area contributed by atoms with Crippen molar-refractivity contribution in [3.63, 3.8) is 0 Å². The van der Waals surface area contributed by atoms with Crippen LogP contribution in [0.1, 0.15) is 126 Å². The lowest BCUT2D eigenvalue weighted by atomic mass is 9.90. The Balaban J connectivity index is 0.918. The van der Waals surface area contributed by atoms with Crippen molar-refractivity contribution in [1.29, 1.82) is 5.26 Å². The number of unbranched alkanes of at least 4 members (excludes halogenated alkanes) is 15. The number of hydrogen-bond acceptors (Lipinski definition) is 12. The van der Waals surface area contributed by atoms with Crippen LogP contribution in [0.25, 0.3) is 5.52 Å². The van der Waals surface area contributed by atoms with Crippen LogP contribution in [0.15, 0.2) is 42.7 Å². The Kier molecular flexibility index (Phi) is 15.0. The highest BCUT2D eigenvalue weighted by Gasteiger charge is 2.83. The monoisotopic (exact) mass is 796 g/mol. The van der Waals surface area contributed by atoms with Crippen molar-refractivity contribution in [2.75, 3.05) is 25.6 Å². The molecule has 2 unspecified atom stereocenters. The van der Waals surface area contributed by atoms with Crippen molar-refractivity contribution in [2.45, 2.75) is 158 Å². The van der Waals surface area contributed by atoms with E-state index in [1.165, 1.54) is 118 Å². The number of rotatable bonds is 26. The number of nitriles is 1. The van der Waals surface area contributed by atoms with Crippen LogP contribution in [0.4, 0.5) is 5.82 Å². The van der Waals surface area contributed by atoms with E-state index in [9.17, 15) is 24.9 Å². The highest BCUT2D eigenvalue weighted by molar-refractivity contribution is 7.47. The van der Waals surface area contributed by atoms with Crippen LogP contribution >= 0.6 is 7.82 Å². The fraction of sp³-hybridized carbons (Fsp3) is 0.683. The van der Waals surface area contributed by atoms with Gasteiger partial charge in [0.15, 0.2) is 11.4 Å². The van der Waals surface area contributed by atoms with Crippen LogP contribution in [-0.2, 0) is 41.8 Å². The number of phosphoric acid groups is 1. The Labute approximate surface area is 330 Å². The molecule has 1 saturated heterocycles. The second-order valence-electron chi connectivity index (χ2n) is 15.8. The van der Waals surface area contributed by atoms with Gasteiger partial charge in [0.2, 0.25) is 5.60 Å². The molecule has 5 N–H and O–H groups in total. The number of nitrogens with zero attached hydrogens (tertiary/aromatic N) is 5. The van der Waals surface area contributed by atoms with E-state index in [1.807, 2.05) is 18.2 Å². The van der Waals surface area contributed by atoms with E-state index in [-0.39, 0.29) is 24.2 Å². The molecule has 3 aromatic rings. The zero-order valence-electron chi connectivity index (χ0n) is 32.8. The summed E-state index contributed by atoms with van der Waals surface area (Å²) in [6.45, 7) is 4.28. The Hall–Kier alpha value is -2.96. The predicted molar refractivity (Wildman–Crippen MR) is 211 cm³/mol. The van der Waals surface area contributed by atoms with E-state index in [0.717, 1.165) is 12.8 Å². The molecule has 6 rings (SSSR count). The van der Waals surface area contributed by atoms with Gasteiger partial charge in [0, 0.05) is 19.7 Å². The number of aromatic nitrogens is 3. The standard InChI is InChI=1S/C41H61N6O8P/c1-2-3-4-5-6-7-8-9-10-11-12-13-14-15-16-19-24-52-27-33(46-25-31-20-17-18-21-32(31)26-46)28-53-56(50,51)55-37-36-41(37,49)39(48)40(29-42,54-36)35-23-22-34-38(43)44-30-45-47(34)35/h17-18,20-23,30,33,36-37,39,48-49H,2-16,19,24-28H2,1H3,(H,50,51)(H2,43,44,45)/t33-,36-,37?,39+,40+,41+/m1/s1. The quantitative estimate of drug-likeness (QED) is 0.0495. The number of anilines is 1. The van der Waals surface area contributed by atoms with Gasteiger partial charge in [0.1, 0.15) is 36.2 Å². The molecule has 3 aliphatic rings. The maximum atomic E-state index is 13.3. The summed E-state index contributed by atoms with van der Waals surface area (Å²) in [6, 6.07) is 12.8. The lowest BCUT2D eigenvalue weighted by Crippen LogP contribution is -2.47. The number of benzene rings is 1. The van der Waals surface area contributed by atoms with Crippen molar-refractivity contribution in [3.05, 3.63) is 59.5 Å². The van der Waals surface area contributed by atoms with Gasteiger partial charge in [0.05, 0.1) is 24.9 Å². The van der Waals surface area contributed by atoms with Crippen molar-refractivity contribution < 1.29 is 38.2 Å². The zero-order chi connectivity index (χ0) is 39.6. The van der Waals surface area contributed by atoms with Crippen molar-refractivity contribution in [1.82, 2.24) is 19.5 Å². The number of nitrogens with two attached hydrogens (primary N) is 1. The van der Waals surface area contributed by atoms with E-state index in [1.54, 1.807) is 6.07 Å². The molecule has 4 heterocycles. The first-order valence-corrected chi connectivity index (χ1v) is 22.3. The third-order valence-corrected chi connectivity index (χ3v) is 12.7.